The van der Waals surface area contributed by atoms with Crippen LogP contribution in [0.15, 0.2) is 73.2 Å². The summed E-state index contributed by atoms with van der Waals surface area (Å²) >= 11 is 12.1. The van der Waals surface area contributed by atoms with Crippen molar-refractivity contribution in [2.75, 3.05) is 10.6 Å². The van der Waals surface area contributed by atoms with Gasteiger partial charge in [-0.25, -0.2) is 0 Å². The number of nitrogens with zero attached hydrogens (tertiary/aromatic N) is 2. The van der Waals surface area contributed by atoms with Crippen LogP contribution < -0.4 is 10.6 Å². The van der Waals surface area contributed by atoms with Crippen LogP contribution in [0, 0.1) is 0 Å². The normalized spacial score (nSPS) is 11.8. The molecule has 5 nitrogen and oxygen atoms in total. The van der Waals surface area contributed by atoms with E-state index in [4.69, 9.17) is 23.2 Å². The third-order valence-corrected chi connectivity index (χ3v) is 5.44. The number of nitrogens with one attached hydrogen (secondary N) is 2. The Labute approximate surface area is 190 Å². The van der Waals surface area contributed by atoms with Gasteiger partial charge in [0.2, 0.25) is 0 Å². The molecule has 1 unspecified atom stereocenters. The number of fused-ring (bicyclic) bond motifs is 1. The van der Waals surface area contributed by atoms with Crippen molar-refractivity contribution in [3.63, 3.8) is 0 Å². The lowest BCUT2D eigenvalue weighted by atomic mass is 10.0. The summed E-state index contributed by atoms with van der Waals surface area (Å²) in [7, 11) is 0. The van der Waals surface area contributed by atoms with Crippen molar-refractivity contribution >= 4 is 51.4 Å². The van der Waals surface area contributed by atoms with Gasteiger partial charge in [0.15, 0.2) is 0 Å². The van der Waals surface area contributed by atoms with E-state index in [0.717, 1.165) is 28.6 Å². The number of hydrogen-bond donors (Lipinski definition) is 2. The van der Waals surface area contributed by atoms with Gasteiger partial charge in [-0.2, -0.15) is 0 Å². The molecule has 0 aliphatic heterocycles. The standard InChI is InChI=1S/C24H20Cl2N4O/c1-15(29-19-8-9-22-18(12-19)3-2-10-28-22)11-16-4-6-17(7-5-16)24(31)30-23-20(25)13-27-14-21(23)26/h2-10,12-15,29H,11H2,1H3,(H,27,30,31). The Bertz CT molecular complexity index is 1210. The van der Waals surface area contributed by atoms with E-state index in [1.54, 1.807) is 18.3 Å². The molecule has 1 atom stereocenters. The fourth-order valence-corrected chi connectivity index (χ4v) is 3.82. The van der Waals surface area contributed by atoms with Crippen molar-refractivity contribution in [3.8, 4) is 0 Å². The second-order valence-electron chi connectivity index (χ2n) is 7.29. The van der Waals surface area contributed by atoms with E-state index in [0.29, 0.717) is 21.3 Å². The predicted octanol–water partition coefficient (Wildman–Crippen LogP) is 6.23. The van der Waals surface area contributed by atoms with Crippen LogP contribution in [-0.4, -0.2) is 21.9 Å². The molecule has 2 N–H and O–H groups in total. The Hall–Kier alpha value is -3.15. The maximum Gasteiger partial charge on any atom is 0.255 e. The van der Waals surface area contributed by atoms with Crippen molar-refractivity contribution < 1.29 is 4.79 Å². The third kappa shape index (κ3) is 5.13. The molecule has 0 saturated heterocycles. The number of amides is 1. The quantitative estimate of drug-likeness (QED) is 0.365. The molecule has 0 bridgehead atoms. The van der Waals surface area contributed by atoms with E-state index >= 15 is 0 Å². The molecule has 1 amide bonds. The van der Waals surface area contributed by atoms with E-state index < -0.39 is 0 Å². The largest absolute Gasteiger partial charge is 0.382 e. The Morgan fingerprint density at radius 3 is 2.52 bits per heavy atom. The van der Waals surface area contributed by atoms with Gasteiger partial charge in [0.1, 0.15) is 0 Å². The lowest BCUT2D eigenvalue weighted by Crippen LogP contribution is -2.18. The highest BCUT2D eigenvalue weighted by atomic mass is 35.5. The minimum absolute atomic E-state index is 0.211. The van der Waals surface area contributed by atoms with Gasteiger partial charge in [-0.15, -0.1) is 0 Å². The zero-order valence-corrected chi connectivity index (χ0v) is 18.3. The van der Waals surface area contributed by atoms with E-state index in [1.165, 1.54) is 12.4 Å². The van der Waals surface area contributed by atoms with Crippen LogP contribution in [0.5, 0.6) is 0 Å². The fraction of sp³-hybridized carbons (Fsp3) is 0.125. The number of carbonyl (C=O) groups excluding carboxylic acids is 1. The highest BCUT2D eigenvalue weighted by molar-refractivity contribution is 6.39. The molecule has 0 aliphatic rings. The van der Waals surface area contributed by atoms with E-state index in [9.17, 15) is 4.79 Å². The lowest BCUT2D eigenvalue weighted by molar-refractivity contribution is 0.102. The number of halogens is 2. The summed E-state index contributed by atoms with van der Waals surface area (Å²) in [6.45, 7) is 2.13. The first-order valence-corrected chi connectivity index (χ1v) is 10.6. The molecule has 0 aliphatic carbocycles. The van der Waals surface area contributed by atoms with Crippen LogP contribution >= 0.6 is 23.2 Å². The van der Waals surface area contributed by atoms with Crippen molar-refractivity contribution in [2.45, 2.75) is 19.4 Å². The predicted molar refractivity (Wildman–Crippen MR) is 127 cm³/mol. The van der Waals surface area contributed by atoms with Gasteiger partial charge >= 0.3 is 0 Å². The molecule has 0 radical (unpaired) electrons. The number of anilines is 2. The van der Waals surface area contributed by atoms with E-state index in [2.05, 4.69) is 33.6 Å². The average molecular weight is 451 g/mol. The molecular weight excluding hydrogens is 431 g/mol. The Morgan fingerprint density at radius 1 is 1.03 bits per heavy atom. The SMILES string of the molecule is CC(Cc1ccc(C(=O)Nc2c(Cl)cncc2Cl)cc1)Nc1ccc2ncccc2c1. The Balaban J connectivity index is 1.38. The summed E-state index contributed by atoms with van der Waals surface area (Å²) in [6.07, 6.45) is 5.48. The number of hydrogen-bond acceptors (Lipinski definition) is 4. The smallest absolute Gasteiger partial charge is 0.255 e. The maximum absolute atomic E-state index is 12.5. The number of rotatable bonds is 6. The van der Waals surface area contributed by atoms with E-state index in [-0.39, 0.29) is 11.9 Å². The van der Waals surface area contributed by atoms with Gasteiger partial charge in [0.05, 0.1) is 21.2 Å². The van der Waals surface area contributed by atoms with Crippen LogP contribution in [0.4, 0.5) is 11.4 Å². The van der Waals surface area contributed by atoms with Gasteiger partial charge in [-0.3, -0.25) is 14.8 Å². The van der Waals surface area contributed by atoms with Crippen molar-refractivity contribution in [1.29, 1.82) is 0 Å². The molecule has 2 aromatic carbocycles. The number of aromatic nitrogens is 2. The molecule has 4 aromatic rings. The summed E-state index contributed by atoms with van der Waals surface area (Å²) in [5.74, 6) is -0.280. The first-order valence-electron chi connectivity index (χ1n) is 9.80. The first kappa shape index (κ1) is 21.1. The molecular formula is C24H20Cl2N4O. The topological polar surface area (TPSA) is 66.9 Å². The summed E-state index contributed by atoms with van der Waals surface area (Å²) in [6, 6.07) is 17.8. The monoisotopic (exact) mass is 450 g/mol. The highest BCUT2D eigenvalue weighted by Gasteiger charge is 2.12. The first-order chi connectivity index (χ1) is 15.0. The molecule has 0 fully saturated rings. The maximum atomic E-state index is 12.5. The zero-order valence-electron chi connectivity index (χ0n) is 16.8. The average Bonchev–Trinajstić information content (AvgIpc) is 2.76. The van der Waals surface area contributed by atoms with Crippen LogP contribution in [-0.2, 0) is 6.42 Å². The van der Waals surface area contributed by atoms with Gasteiger partial charge in [0, 0.05) is 41.3 Å². The van der Waals surface area contributed by atoms with Crippen LogP contribution in [0.2, 0.25) is 10.0 Å². The van der Waals surface area contributed by atoms with Crippen molar-refractivity contribution in [2.24, 2.45) is 0 Å². The second-order valence-corrected chi connectivity index (χ2v) is 8.10. The molecule has 156 valence electrons. The van der Waals surface area contributed by atoms with E-state index in [1.807, 2.05) is 36.4 Å². The van der Waals surface area contributed by atoms with Gasteiger partial charge in [-0.05, 0) is 55.3 Å². The van der Waals surface area contributed by atoms with Crippen LogP contribution in [0.1, 0.15) is 22.8 Å². The minimum atomic E-state index is -0.280. The number of benzene rings is 2. The van der Waals surface area contributed by atoms with Crippen LogP contribution in [0.3, 0.4) is 0 Å². The summed E-state index contributed by atoms with van der Waals surface area (Å²) in [5.41, 5.74) is 4.03. The lowest BCUT2D eigenvalue weighted by Gasteiger charge is -2.16. The van der Waals surface area contributed by atoms with Crippen LogP contribution in [0.25, 0.3) is 10.9 Å². The van der Waals surface area contributed by atoms with Gasteiger partial charge in [-0.1, -0.05) is 41.4 Å². The number of pyridine rings is 2. The number of carbonyl (C=O) groups is 1. The second kappa shape index (κ2) is 9.33. The molecule has 4 rings (SSSR count). The highest BCUT2D eigenvalue weighted by Crippen LogP contribution is 2.29. The summed E-state index contributed by atoms with van der Waals surface area (Å²) < 4.78 is 0. The summed E-state index contributed by atoms with van der Waals surface area (Å²) in [4.78, 5) is 20.8. The molecule has 2 heterocycles. The fourth-order valence-electron chi connectivity index (χ4n) is 3.36. The van der Waals surface area contributed by atoms with Crippen molar-refractivity contribution in [3.05, 3.63) is 94.4 Å². The Kier molecular flexibility index (Phi) is 6.35. The molecule has 2 aromatic heterocycles. The van der Waals surface area contributed by atoms with Crippen molar-refractivity contribution in [1.82, 2.24) is 9.97 Å². The summed E-state index contributed by atoms with van der Waals surface area (Å²) in [5, 5.41) is 7.95. The van der Waals surface area contributed by atoms with Gasteiger partial charge in [0.25, 0.3) is 5.91 Å². The van der Waals surface area contributed by atoms with Gasteiger partial charge < -0.3 is 10.6 Å². The third-order valence-electron chi connectivity index (χ3n) is 4.87. The Morgan fingerprint density at radius 2 is 1.77 bits per heavy atom. The zero-order chi connectivity index (χ0) is 21.8. The molecule has 31 heavy (non-hydrogen) atoms. The minimum Gasteiger partial charge on any atom is -0.382 e. The molecule has 0 spiro atoms. The molecule has 7 heteroatoms. The molecule has 0 saturated carbocycles.